The summed E-state index contributed by atoms with van der Waals surface area (Å²) in [6.45, 7) is -3.26. The summed E-state index contributed by atoms with van der Waals surface area (Å²) < 4.78 is 51.5. The largest absolute Gasteiger partial charge is 0.378 e. The fourth-order valence-electron chi connectivity index (χ4n) is 1.02. The number of aromatic nitrogens is 2. The van der Waals surface area contributed by atoms with E-state index in [0.717, 1.165) is 6.20 Å². The Morgan fingerprint density at radius 3 is 2.67 bits per heavy atom. The Bertz CT molecular complexity index is 445. The van der Waals surface area contributed by atoms with Crippen molar-refractivity contribution in [1.82, 2.24) is 9.78 Å². The third-order valence-electron chi connectivity index (χ3n) is 1.59. The van der Waals surface area contributed by atoms with Gasteiger partial charge in [-0.25, -0.2) is 13.1 Å². The Morgan fingerprint density at radius 1 is 1.67 bits per heavy atom. The van der Waals surface area contributed by atoms with Crippen LogP contribution in [0.15, 0.2) is 11.1 Å². The molecule has 0 amide bonds. The van der Waals surface area contributed by atoms with Crippen LogP contribution in [0.3, 0.4) is 0 Å². The lowest BCUT2D eigenvalue weighted by molar-refractivity contribution is 0.0456. The molecule has 0 aliphatic carbocycles. The maximum atomic E-state index is 12.4. The van der Waals surface area contributed by atoms with Crippen molar-refractivity contribution in [2.24, 2.45) is 0 Å². The van der Waals surface area contributed by atoms with Gasteiger partial charge in [0.05, 0.1) is 18.5 Å². The zero-order chi connectivity index (χ0) is 11.6. The topological polar surface area (TPSA) is 61.2 Å². The van der Waals surface area contributed by atoms with Gasteiger partial charge in [-0.3, -0.25) is 0 Å². The van der Waals surface area contributed by atoms with E-state index in [1.165, 1.54) is 7.11 Å². The van der Waals surface area contributed by atoms with Gasteiger partial charge >= 0.3 is 6.55 Å². The van der Waals surface area contributed by atoms with Crippen molar-refractivity contribution in [3.63, 3.8) is 0 Å². The zero-order valence-corrected chi connectivity index (χ0v) is 9.10. The molecule has 0 N–H and O–H groups in total. The molecule has 1 heterocycles. The van der Waals surface area contributed by atoms with Crippen LogP contribution in [0.25, 0.3) is 0 Å². The third kappa shape index (κ3) is 2.64. The molecule has 1 aromatic heterocycles. The second-order valence-electron chi connectivity index (χ2n) is 2.55. The highest BCUT2D eigenvalue weighted by molar-refractivity contribution is 8.13. The van der Waals surface area contributed by atoms with E-state index in [9.17, 15) is 17.2 Å². The summed E-state index contributed by atoms with van der Waals surface area (Å²) in [5.74, 6) is 0. The maximum Gasteiger partial charge on any atom is 0.333 e. The van der Waals surface area contributed by atoms with E-state index >= 15 is 0 Å². The molecular formula is C6H7ClF2N2O3S. The third-order valence-corrected chi connectivity index (χ3v) is 2.95. The molecule has 15 heavy (non-hydrogen) atoms. The molecule has 0 aliphatic heterocycles. The van der Waals surface area contributed by atoms with Crippen LogP contribution in [0.5, 0.6) is 0 Å². The highest BCUT2D eigenvalue weighted by atomic mass is 35.7. The van der Waals surface area contributed by atoms with Gasteiger partial charge in [0.15, 0.2) is 0 Å². The molecule has 0 unspecified atom stereocenters. The Labute approximate surface area is 89.0 Å². The molecule has 0 saturated heterocycles. The molecule has 9 heteroatoms. The van der Waals surface area contributed by atoms with Crippen molar-refractivity contribution in [3.8, 4) is 0 Å². The summed E-state index contributed by atoms with van der Waals surface area (Å²) in [6, 6.07) is 0. The average Bonchev–Trinajstić information content (AvgIpc) is 2.47. The smallest absolute Gasteiger partial charge is 0.333 e. The van der Waals surface area contributed by atoms with Crippen molar-refractivity contribution in [1.29, 1.82) is 0 Å². The molecule has 0 saturated carbocycles. The maximum absolute atomic E-state index is 12.4. The van der Waals surface area contributed by atoms with E-state index in [0.29, 0.717) is 0 Å². The van der Waals surface area contributed by atoms with Crippen LogP contribution in [0.2, 0.25) is 0 Å². The van der Waals surface area contributed by atoms with Gasteiger partial charge in [-0.1, -0.05) is 0 Å². The van der Waals surface area contributed by atoms with Crippen molar-refractivity contribution in [3.05, 3.63) is 11.9 Å². The van der Waals surface area contributed by atoms with E-state index in [2.05, 4.69) is 9.84 Å². The lowest BCUT2D eigenvalue weighted by atomic mass is 10.4. The fraction of sp³-hybridized carbons (Fsp3) is 0.500. The second-order valence-corrected chi connectivity index (χ2v) is 5.08. The van der Waals surface area contributed by atoms with Gasteiger partial charge < -0.3 is 4.74 Å². The lowest BCUT2D eigenvalue weighted by Crippen LogP contribution is -2.08. The Kier molecular flexibility index (Phi) is 3.63. The van der Waals surface area contributed by atoms with Crippen LogP contribution in [0.4, 0.5) is 8.78 Å². The van der Waals surface area contributed by atoms with E-state index in [1.54, 1.807) is 0 Å². The number of alkyl halides is 2. The van der Waals surface area contributed by atoms with Gasteiger partial charge in [0, 0.05) is 17.8 Å². The highest BCUT2D eigenvalue weighted by Gasteiger charge is 2.24. The summed E-state index contributed by atoms with van der Waals surface area (Å²) >= 11 is 0. The van der Waals surface area contributed by atoms with Crippen LogP contribution < -0.4 is 0 Å². The molecule has 0 atom stereocenters. The summed E-state index contributed by atoms with van der Waals surface area (Å²) in [5, 5.41) is 3.22. The molecule has 0 spiro atoms. The first-order valence-electron chi connectivity index (χ1n) is 3.66. The molecule has 86 valence electrons. The first-order valence-corrected chi connectivity index (χ1v) is 5.97. The minimum absolute atomic E-state index is 0.249. The standard InChI is InChI=1S/C6H7ClF2N2O3S/c1-14-3-4-5(15(7,12)13)2-10-11(4)6(8)9/h2,6H,3H2,1H3. The predicted octanol–water partition coefficient (Wildman–Crippen LogP) is 1.35. The van der Waals surface area contributed by atoms with Gasteiger partial charge in [0.1, 0.15) is 4.90 Å². The average molecular weight is 261 g/mol. The molecule has 0 bridgehead atoms. The Balaban J connectivity index is 3.30. The molecule has 0 aliphatic rings. The van der Waals surface area contributed by atoms with Crippen LogP contribution in [-0.4, -0.2) is 25.3 Å². The number of methoxy groups -OCH3 is 1. The molecule has 1 aromatic rings. The fourth-order valence-corrected chi connectivity index (χ4v) is 2.01. The number of hydrogen-bond acceptors (Lipinski definition) is 4. The van der Waals surface area contributed by atoms with Crippen LogP contribution >= 0.6 is 10.7 Å². The van der Waals surface area contributed by atoms with Crippen molar-refractivity contribution >= 4 is 19.7 Å². The van der Waals surface area contributed by atoms with E-state index in [-0.39, 0.29) is 17.0 Å². The minimum atomic E-state index is -4.09. The summed E-state index contributed by atoms with van der Waals surface area (Å²) in [5.41, 5.74) is -0.275. The van der Waals surface area contributed by atoms with E-state index in [1.807, 2.05) is 0 Å². The summed E-state index contributed by atoms with van der Waals surface area (Å²) in [4.78, 5) is -0.466. The van der Waals surface area contributed by atoms with Gasteiger partial charge in [-0.05, 0) is 0 Å². The number of ether oxygens (including phenoxy) is 1. The van der Waals surface area contributed by atoms with Gasteiger partial charge in [0.2, 0.25) is 0 Å². The minimum Gasteiger partial charge on any atom is -0.378 e. The molecular weight excluding hydrogens is 254 g/mol. The Hall–Kier alpha value is -0.730. The van der Waals surface area contributed by atoms with Crippen LogP contribution in [-0.2, 0) is 20.4 Å². The number of hydrogen-bond donors (Lipinski definition) is 0. The monoisotopic (exact) mass is 260 g/mol. The van der Waals surface area contributed by atoms with Crippen LogP contribution in [0.1, 0.15) is 12.2 Å². The van der Waals surface area contributed by atoms with Crippen molar-refractivity contribution in [2.45, 2.75) is 18.1 Å². The van der Waals surface area contributed by atoms with Gasteiger partial charge in [-0.15, -0.1) is 0 Å². The zero-order valence-electron chi connectivity index (χ0n) is 7.52. The molecule has 0 aromatic carbocycles. The predicted molar refractivity (Wildman–Crippen MR) is 47.2 cm³/mol. The Morgan fingerprint density at radius 2 is 2.27 bits per heavy atom. The molecule has 0 fully saturated rings. The molecule has 1 rings (SSSR count). The summed E-state index contributed by atoms with van der Waals surface area (Å²) in [6.07, 6.45) is 0.767. The van der Waals surface area contributed by atoms with Crippen molar-refractivity contribution < 1.29 is 21.9 Å². The first-order chi connectivity index (χ1) is 6.88. The first kappa shape index (κ1) is 12.3. The number of rotatable bonds is 4. The SMILES string of the molecule is COCc1c(S(=O)(=O)Cl)cnn1C(F)F. The van der Waals surface area contributed by atoms with Gasteiger partial charge in [-0.2, -0.15) is 13.9 Å². The van der Waals surface area contributed by atoms with Crippen LogP contribution in [0, 0.1) is 0 Å². The van der Waals surface area contributed by atoms with Gasteiger partial charge in [0.25, 0.3) is 9.05 Å². The van der Waals surface area contributed by atoms with Crippen molar-refractivity contribution in [2.75, 3.05) is 7.11 Å². The van der Waals surface area contributed by atoms with E-state index in [4.69, 9.17) is 10.7 Å². The molecule has 5 nitrogen and oxygen atoms in total. The second kappa shape index (κ2) is 4.42. The molecule has 0 radical (unpaired) electrons. The lowest BCUT2D eigenvalue weighted by Gasteiger charge is -2.05. The van der Waals surface area contributed by atoms with E-state index < -0.39 is 20.5 Å². The normalized spacial score (nSPS) is 12.3. The number of nitrogens with zero attached hydrogens (tertiary/aromatic N) is 2. The summed E-state index contributed by atoms with van der Waals surface area (Å²) in [7, 11) is 2.19. The number of halogens is 3. The highest BCUT2D eigenvalue weighted by Crippen LogP contribution is 2.23. The quantitative estimate of drug-likeness (QED) is 0.767.